The van der Waals surface area contributed by atoms with Gasteiger partial charge in [-0.25, -0.2) is 4.39 Å². The molecule has 0 N–H and O–H groups in total. The van der Waals surface area contributed by atoms with Gasteiger partial charge in [0.25, 0.3) is 0 Å². The van der Waals surface area contributed by atoms with Gasteiger partial charge in [0.05, 0.1) is 16.7 Å². The van der Waals surface area contributed by atoms with E-state index in [2.05, 4.69) is 21.0 Å². The highest BCUT2D eigenvalue weighted by Crippen LogP contribution is 2.32. The van der Waals surface area contributed by atoms with Gasteiger partial charge in [-0.15, -0.1) is 0 Å². The van der Waals surface area contributed by atoms with E-state index < -0.39 is 0 Å². The molecule has 1 aliphatic rings. The number of fused-ring (bicyclic) bond motifs is 1. The Morgan fingerprint density at radius 3 is 2.63 bits per heavy atom. The minimum atomic E-state index is -0.279. The Morgan fingerprint density at radius 1 is 1.26 bits per heavy atom. The van der Waals surface area contributed by atoms with Crippen molar-refractivity contribution in [3.05, 3.63) is 40.2 Å². The van der Waals surface area contributed by atoms with Gasteiger partial charge in [-0.3, -0.25) is 9.48 Å². The van der Waals surface area contributed by atoms with Crippen LogP contribution in [0.3, 0.4) is 0 Å². The van der Waals surface area contributed by atoms with Crippen molar-refractivity contribution in [3.63, 3.8) is 0 Å². The monoisotopic (exact) mass is 323 g/mol. The van der Waals surface area contributed by atoms with Crippen molar-refractivity contribution in [2.75, 3.05) is 7.05 Å². The van der Waals surface area contributed by atoms with Gasteiger partial charge in [0.15, 0.2) is 0 Å². The Labute approximate surface area is 118 Å². The fraction of sp³-hybridized carbons (Fsp3) is 0.231. The van der Waals surface area contributed by atoms with Crippen LogP contribution in [0.4, 0.5) is 4.39 Å². The molecule has 0 saturated heterocycles. The summed E-state index contributed by atoms with van der Waals surface area (Å²) in [4.78, 5) is 13.3. The lowest BCUT2D eigenvalue weighted by Crippen LogP contribution is -2.36. The summed E-state index contributed by atoms with van der Waals surface area (Å²) >= 11 is 3.52. The summed E-state index contributed by atoms with van der Waals surface area (Å²) in [6.07, 6.45) is 0. The van der Waals surface area contributed by atoms with Gasteiger partial charge in [0, 0.05) is 12.6 Å². The fourth-order valence-corrected chi connectivity index (χ4v) is 2.75. The van der Waals surface area contributed by atoms with E-state index >= 15 is 0 Å². The van der Waals surface area contributed by atoms with Crippen molar-refractivity contribution in [3.8, 4) is 11.3 Å². The van der Waals surface area contributed by atoms with Crippen molar-refractivity contribution in [1.29, 1.82) is 0 Å². The summed E-state index contributed by atoms with van der Waals surface area (Å²) in [6, 6.07) is 6.16. The minimum absolute atomic E-state index is 0.0353. The summed E-state index contributed by atoms with van der Waals surface area (Å²) in [6.45, 7) is 0.763. The molecule has 2 heterocycles. The second-order valence-corrected chi connectivity index (χ2v) is 5.32. The van der Waals surface area contributed by atoms with Crippen molar-refractivity contribution in [1.82, 2.24) is 14.7 Å². The lowest BCUT2D eigenvalue weighted by Gasteiger charge is -2.23. The van der Waals surface area contributed by atoms with Gasteiger partial charge in [-0.05, 0) is 40.2 Å². The molecule has 0 fully saturated rings. The normalized spacial score (nSPS) is 14.7. The number of benzene rings is 1. The highest BCUT2D eigenvalue weighted by atomic mass is 79.9. The lowest BCUT2D eigenvalue weighted by atomic mass is 10.1. The Bertz CT molecular complexity index is 651. The number of halogens is 2. The molecular weight excluding hydrogens is 313 g/mol. The maximum Gasteiger partial charge on any atom is 0.244 e. The number of hydrogen-bond acceptors (Lipinski definition) is 2. The quantitative estimate of drug-likeness (QED) is 0.808. The second kappa shape index (κ2) is 4.45. The smallest absolute Gasteiger partial charge is 0.244 e. The second-order valence-electron chi connectivity index (χ2n) is 4.52. The first-order valence-corrected chi connectivity index (χ1v) is 6.60. The molecule has 1 aromatic heterocycles. The van der Waals surface area contributed by atoms with E-state index in [4.69, 9.17) is 0 Å². The summed E-state index contributed by atoms with van der Waals surface area (Å²) in [5, 5.41) is 4.43. The third-order valence-corrected chi connectivity index (χ3v) is 4.04. The topological polar surface area (TPSA) is 38.1 Å². The molecule has 1 amide bonds. The van der Waals surface area contributed by atoms with E-state index in [0.717, 1.165) is 21.4 Å². The predicted octanol–water partition coefficient (Wildman–Crippen LogP) is 2.42. The molecule has 0 unspecified atom stereocenters. The zero-order valence-corrected chi connectivity index (χ0v) is 11.8. The van der Waals surface area contributed by atoms with E-state index in [0.29, 0.717) is 6.54 Å². The molecular formula is C13H11BrFN3O. The molecule has 0 saturated carbocycles. The van der Waals surface area contributed by atoms with Crippen molar-refractivity contribution < 1.29 is 9.18 Å². The molecule has 0 radical (unpaired) electrons. The maximum atomic E-state index is 12.9. The van der Waals surface area contributed by atoms with Crippen LogP contribution in [0.25, 0.3) is 11.3 Å². The van der Waals surface area contributed by atoms with E-state index in [9.17, 15) is 9.18 Å². The van der Waals surface area contributed by atoms with Gasteiger partial charge in [-0.1, -0.05) is 0 Å². The van der Waals surface area contributed by atoms with E-state index in [1.165, 1.54) is 12.1 Å². The van der Waals surface area contributed by atoms with Crippen molar-refractivity contribution in [2.24, 2.45) is 0 Å². The molecule has 2 aromatic rings. The molecule has 0 atom stereocenters. The number of rotatable bonds is 1. The number of nitrogens with zero attached hydrogens (tertiary/aromatic N) is 3. The van der Waals surface area contributed by atoms with Crippen LogP contribution < -0.4 is 0 Å². The molecule has 3 rings (SSSR count). The van der Waals surface area contributed by atoms with Crippen LogP contribution in [0.5, 0.6) is 0 Å². The van der Waals surface area contributed by atoms with Crippen LogP contribution in [0.1, 0.15) is 5.69 Å². The van der Waals surface area contributed by atoms with Crippen molar-refractivity contribution >= 4 is 21.8 Å². The first-order valence-electron chi connectivity index (χ1n) is 5.81. The average Bonchev–Trinajstić information content (AvgIpc) is 2.69. The van der Waals surface area contributed by atoms with E-state index in [1.54, 1.807) is 28.8 Å². The molecule has 4 nitrogen and oxygen atoms in total. The Hall–Kier alpha value is -1.69. The fourth-order valence-electron chi connectivity index (χ4n) is 2.11. The van der Waals surface area contributed by atoms with Crippen molar-refractivity contribution in [2.45, 2.75) is 13.1 Å². The number of likely N-dealkylation sites (N-methyl/N-ethyl adjacent to an activating group) is 1. The van der Waals surface area contributed by atoms with Gasteiger partial charge in [0.1, 0.15) is 18.1 Å². The first kappa shape index (κ1) is 12.3. The lowest BCUT2D eigenvalue weighted by molar-refractivity contribution is -0.132. The SMILES string of the molecule is CN1Cc2c(Br)c(-c3ccc(F)cc3)nn2CC1=O. The van der Waals surface area contributed by atoms with Crippen LogP contribution >= 0.6 is 15.9 Å². The predicted molar refractivity (Wildman–Crippen MR) is 71.8 cm³/mol. The highest BCUT2D eigenvalue weighted by Gasteiger charge is 2.25. The Kier molecular flexibility index (Phi) is 2.89. The third kappa shape index (κ3) is 2.06. The molecule has 0 aliphatic carbocycles. The van der Waals surface area contributed by atoms with Gasteiger partial charge in [0.2, 0.25) is 5.91 Å². The summed E-state index contributed by atoms with van der Waals surface area (Å²) in [5.74, 6) is -0.244. The largest absolute Gasteiger partial charge is 0.338 e. The van der Waals surface area contributed by atoms with E-state index in [-0.39, 0.29) is 18.3 Å². The van der Waals surface area contributed by atoms with Crippen LogP contribution in [-0.2, 0) is 17.9 Å². The molecule has 0 spiro atoms. The van der Waals surface area contributed by atoms with Gasteiger partial charge in [-0.2, -0.15) is 5.10 Å². The summed E-state index contributed by atoms with van der Waals surface area (Å²) in [7, 11) is 1.77. The number of amides is 1. The molecule has 1 aromatic carbocycles. The Morgan fingerprint density at radius 2 is 1.95 bits per heavy atom. The minimum Gasteiger partial charge on any atom is -0.338 e. The van der Waals surface area contributed by atoms with Crippen LogP contribution in [-0.4, -0.2) is 27.6 Å². The van der Waals surface area contributed by atoms with Crippen LogP contribution in [0, 0.1) is 5.82 Å². The van der Waals surface area contributed by atoms with Crippen LogP contribution in [0.15, 0.2) is 28.7 Å². The zero-order chi connectivity index (χ0) is 13.6. The summed E-state index contributed by atoms with van der Waals surface area (Å²) < 4.78 is 15.5. The molecule has 0 bridgehead atoms. The molecule has 19 heavy (non-hydrogen) atoms. The summed E-state index contributed by atoms with van der Waals surface area (Å²) in [5.41, 5.74) is 2.52. The van der Waals surface area contributed by atoms with Gasteiger partial charge < -0.3 is 4.90 Å². The number of hydrogen-bond donors (Lipinski definition) is 0. The number of carbonyl (C=O) groups excluding carboxylic acids is 1. The van der Waals surface area contributed by atoms with Gasteiger partial charge >= 0.3 is 0 Å². The third-order valence-electron chi connectivity index (χ3n) is 3.21. The molecule has 1 aliphatic heterocycles. The highest BCUT2D eigenvalue weighted by molar-refractivity contribution is 9.10. The molecule has 98 valence electrons. The first-order chi connectivity index (χ1) is 9.06. The average molecular weight is 324 g/mol. The van der Waals surface area contributed by atoms with Crippen LogP contribution in [0.2, 0.25) is 0 Å². The number of aromatic nitrogens is 2. The van der Waals surface area contributed by atoms with E-state index in [1.807, 2.05) is 0 Å². The molecule has 6 heteroatoms. The Balaban J connectivity index is 2.07. The number of carbonyl (C=O) groups is 1. The zero-order valence-electron chi connectivity index (χ0n) is 10.2. The standard InChI is InChI=1S/C13H11BrFN3O/c1-17-6-10-12(14)13(16-18(10)7-11(17)19)8-2-4-9(15)5-3-8/h2-5H,6-7H2,1H3. The maximum absolute atomic E-state index is 12.9.